The minimum absolute atomic E-state index is 0.112. The average molecular weight is 435 g/mol. The first-order valence-corrected chi connectivity index (χ1v) is 10.9. The van der Waals surface area contributed by atoms with E-state index in [2.05, 4.69) is 15.0 Å². The number of fused-ring (bicyclic) bond motifs is 1. The van der Waals surface area contributed by atoms with Crippen LogP contribution in [0, 0.1) is 0 Å². The highest BCUT2D eigenvalue weighted by atomic mass is 16.1. The highest BCUT2D eigenvalue weighted by Crippen LogP contribution is 2.30. The van der Waals surface area contributed by atoms with Crippen LogP contribution >= 0.6 is 0 Å². The van der Waals surface area contributed by atoms with Crippen LogP contribution in [0.5, 0.6) is 0 Å². The molecule has 3 heterocycles. The Labute approximate surface area is 191 Å². The summed E-state index contributed by atoms with van der Waals surface area (Å²) >= 11 is 0. The summed E-state index contributed by atoms with van der Waals surface area (Å²) in [5.74, 6) is 0.112. The van der Waals surface area contributed by atoms with Gasteiger partial charge in [0.2, 0.25) is 0 Å². The molecule has 33 heavy (non-hydrogen) atoms. The number of Topliss-reactive ketones (excluding diaryl/α,β-unsaturated/α-hetero) is 1. The molecule has 2 aromatic carbocycles. The number of hydrogen-bond donors (Lipinski definition) is 0. The number of aromatic nitrogens is 6. The fourth-order valence-corrected chi connectivity index (χ4v) is 3.79. The number of unbranched alkanes of at least 4 members (excludes halogenated alkanes) is 1. The second-order valence-electron chi connectivity index (χ2n) is 7.80. The molecule has 0 aliphatic rings. The Balaban J connectivity index is 1.43. The van der Waals surface area contributed by atoms with E-state index < -0.39 is 0 Å². The molecule has 7 nitrogen and oxygen atoms in total. The molecule has 0 bridgehead atoms. The van der Waals surface area contributed by atoms with Crippen molar-refractivity contribution in [1.29, 1.82) is 0 Å². The molecule has 0 amide bonds. The van der Waals surface area contributed by atoms with Crippen LogP contribution in [0.2, 0.25) is 0 Å². The standard InChI is InChI=1S/C26H22N6O/c33-24(8-4-5-12-32-13-11-27-18-32)20-9-10-22-23(14-20)31-26(21-15-28-17-29-16-21)25(30-22)19-6-2-1-3-7-19/h1-3,6-7,9-11,13-18H,4-5,8,12H2. The third-order valence-electron chi connectivity index (χ3n) is 5.50. The van der Waals surface area contributed by atoms with Crippen molar-refractivity contribution < 1.29 is 4.79 Å². The van der Waals surface area contributed by atoms with E-state index in [0.29, 0.717) is 23.2 Å². The predicted molar refractivity (Wildman–Crippen MR) is 126 cm³/mol. The zero-order valence-corrected chi connectivity index (χ0v) is 18.0. The Hall–Kier alpha value is -4.26. The normalized spacial score (nSPS) is 11.0. The molecule has 0 aliphatic heterocycles. The molecule has 0 saturated heterocycles. The molecule has 0 fully saturated rings. The van der Waals surface area contributed by atoms with Crippen LogP contribution in [-0.4, -0.2) is 35.3 Å². The van der Waals surface area contributed by atoms with Crippen molar-refractivity contribution in [3.63, 3.8) is 0 Å². The van der Waals surface area contributed by atoms with Crippen molar-refractivity contribution in [2.45, 2.75) is 25.8 Å². The summed E-state index contributed by atoms with van der Waals surface area (Å²) in [5.41, 5.74) is 5.27. The van der Waals surface area contributed by atoms with Gasteiger partial charge in [0.25, 0.3) is 0 Å². The van der Waals surface area contributed by atoms with Crippen molar-refractivity contribution in [1.82, 2.24) is 29.5 Å². The summed E-state index contributed by atoms with van der Waals surface area (Å²) in [5, 5.41) is 0. The zero-order valence-electron chi connectivity index (χ0n) is 18.0. The Morgan fingerprint density at radius 2 is 1.61 bits per heavy atom. The van der Waals surface area contributed by atoms with Crippen molar-refractivity contribution in [2.24, 2.45) is 0 Å². The highest BCUT2D eigenvalue weighted by Gasteiger charge is 2.15. The molecule has 162 valence electrons. The van der Waals surface area contributed by atoms with E-state index >= 15 is 0 Å². The van der Waals surface area contributed by atoms with Crippen LogP contribution in [0.25, 0.3) is 33.5 Å². The molecular weight excluding hydrogens is 412 g/mol. The van der Waals surface area contributed by atoms with E-state index in [-0.39, 0.29) is 5.78 Å². The lowest BCUT2D eigenvalue weighted by molar-refractivity contribution is 0.0979. The van der Waals surface area contributed by atoms with E-state index in [4.69, 9.17) is 9.97 Å². The van der Waals surface area contributed by atoms with Crippen LogP contribution in [0.15, 0.2) is 86.0 Å². The molecule has 5 aromatic rings. The molecule has 0 atom stereocenters. The number of carbonyl (C=O) groups is 1. The van der Waals surface area contributed by atoms with Gasteiger partial charge >= 0.3 is 0 Å². The van der Waals surface area contributed by atoms with E-state index in [9.17, 15) is 4.79 Å². The molecule has 5 rings (SSSR count). The zero-order chi connectivity index (χ0) is 22.5. The lowest BCUT2D eigenvalue weighted by Crippen LogP contribution is -2.02. The van der Waals surface area contributed by atoms with Crippen LogP contribution in [0.3, 0.4) is 0 Å². The van der Waals surface area contributed by atoms with E-state index in [0.717, 1.165) is 41.7 Å². The predicted octanol–water partition coefficient (Wildman–Crippen LogP) is 5.00. The first-order valence-electron chi connectivity index (χ1n) is 10.9. The summed E-state index contributed by atoms with van der Waals surface area (Å²) in [4.78, 5) is 34.9. The maximum atomic E-state index is 12.8. The Morgan fingerprint density at radius 1 is 0.818 bits per heavy atom. The number of ketones is 1. The molecule has 3 aromatic heterocycles. The van der Waals surface area contributed by atoms with Gasteiger partial charge in [-0.15, -0.1) is 0 Å². The molecule has 0 unspecified atom stereocenters. The molecule has 7 heteroatoms. The fourth-order valence-electron chi connectivity index (χ4n) is 3.79. The van der Waals surface area contributed by atoms with Crippen molar-refractivity contribution in [3.05, 3.63) is 91.5 Å². The quantitative estimate of drug-likeness (QED) is 0.252. The van der Waals surface area contributed by atoms with Crippen LogP contribution in [0.4, 0.5) is 0 Å². The van der Waals surface area contributed by atoms with Crippen molar-refractivity contribution in [3.8, 4) is 22.5 Å². The summed E-state index contributed by atoms with van der Waals surface area (Å²) in [6.45, 7) is 0.862. The van der Waals surface area contributed by atoms with Gasteiger partial charge in [0.1, 0.15) is 12.0 Å². The number of benzene rings is 2. The number of hydrogen-bond acceptors (Lipinski definition) is 6. The van der Waals surface area contributed by atoms with Crippen LogP contribution in [0.1, 0.15) is 29.6 Å². The monoisotopic (exact) mass is 434 g/mol. The summed E-state index contributed by atoms with van der Waals surface area (Å²) in [7, 11) is 0. The van der Waals surface area contributed by atoms with E-state index in [1.807, 2.05) is 59.3 Å². The van der Waals surface area contributed by atoms with Crippen LogP contribution < -0.4 is 0 Å². The van der Waals surface area contributed by atoms with Gasteiger partial charge in [-0.25, -0.2) is 24.9 Å². The molecule has 0 radical (unpaired) electrons. The number of aryl methyl sites for hydroxylation is 1. The summed E-state index contributed by atoms with van der Waals surface area (Å²) in [6, 6.07) is 15.5. The van der Waals surface area contributed by atoms with E-state index in [1.54, 1.807) is 24.9 Å². The van der Waals surface area contributed by atoms with Gasteiger partial charge in [-0.3, -0.25) is 4.79 Å². The molecule has 0 spiro atoms. The SMILES string of the molecule is O=C(CCCCn1ccnc1)c1ccc2nc(-c3ccccc3)c(-c3cncnc3)nc2c1. The molecular formula is C26H22N6O. The number of rotatable bonds is 8. The number of carbonyl (C=O) groups excluding carboxylic acids is 1. The number of imidazole rings is 1. The second kappa shape index (κ2) is 9.48. The van der Waals surface area contributed by atoms with Gasteiger partial charge in [0.15, 0.2) is 5.78 Å². The molecule has 0 saturated carbocycles. The van der Waals surface area contributed by atoms with Gasteiger partial charge in [-0.2, -0.15) is 0 Å². The first-order chi connectivity index (χ1) is 16.3. The minimum atomic E-state index is 0.112. The number of nitrogens with zero attached hydrogens (tertiary/aromatic N) is 6. The second-order valence-corrected chi connectivity index (χ2v) is 7.80. The van der Waals surface area contributed by atoms with Gasteiger partial charge in [-0.1, -0.05) is 30.3 Å². The van der Waals surface area contributed by atoms with Gasteiger partial charge < -0.3 is 4.57 Å². The lowest BCUT2D eigenvalue weighted by atomic mass is 10.0. The van der Waals surface area contributed by atoms with Crippen LogP contribution in [-0.2, 0) is 6.54 Å². The maximum Gasteiger partial charge on any atom is 0.162 e. The van der Waals surface area contributed by atoms with Gasteiger partial charge in [0.05, 0.1) is 23.1 Å². The summed E-state index contributed by atoms with van der Waals surface area (Å²) in [6.07, 6.45) is 12.7. The summed E-state index contributed by atoms with van der Waals surface area (Å²) < 4.78 is 2.02. The largest absolute Gasteiger partial charge is 0.337 e. The van der Waals surface area contributed by atoms with Gasteiger partial charge in [0, 0.05) is 54.4 Å². The van der Waals surface area contributed by atoms with Crippen molar-refractivity contribution in [2.75, 3.05) is 0 Å². The average Bonchev–Trinajstić information content (AvgIpc) is 3.40. The third kappa shape index (κ3) is 4.67. The van der Waals surface area contributed by atoms with Gasteiger partial charge in [-0.05, 0) is 31.0 Å². The first kappa shape index (κ1) is 20.6. The molecule has 0 aliphatic carbocycles. The Kier molecular flexibility index (Phi) is 5.93. The molecule has 0 N–H and O–H groups in total. The fraction of sp³-hybridized carbons (Fsp3) is 0.154. The van der Waals surface area contributed by atoms with Crippen molar-refractivity contribution >= 4 is 16.8 Å². The minimum Gasteiger partial charge on any atom is -0.337 e. The maximum absolute atomic E-state index is 12.8. The Bertz CT molecular complexity index is 1370. The smallest absolute Gasteiger partial charge is 0.162 e. The lowest BCUT2D eigenvalue weighted by Gasteiger charge is -2.11. The topological polar surface area (TPSA) is 86.5 Å². The van der Waals surface area contributed by atoms with E-state index in [1.165, 1.54) is 6.33 Å². The third-order valence-corrected chi connectivity index (χ3v) is 5.50. The Morgan fingerprint density at radius 3 is 2.39 bits per heavy atom. The highest BCUT2D eigenvalue weighted by molar-refractivity contribution is 5.99.